The molecule has 0 N–H and O–H groups in total. The summed E-state index contributed by atoms with van der Waals surface area (Å²) in [5.74, 6) is 0.445. The molecular formula is C13H14BrNO. The molecule has 0 unspecified atom stereocenters. The number of hydrogen-bond acceptors (Lipinski definition) is 2. The summed E-state index contributed by atoms with van der Waals surface area (Å²) in [7, 11) is 0. The lowest BCUT2D eigenvalue weighted by Crippen LogP contribution is -2.43. The maximum absolute atomic E-state index is 11.5. The van der Waals surface area contributed by atoms with E-state index in [-0.39, 0.29) is 0 Å². The standard InChI is InChI=1S/C13H14BrNO/c14-9-1-3-10(4-2-9)15-11-5-6-12(15)8-13(16)7-11/h1-4,11-12H,5-8H2/t11-,12+. The number of nitrogens with zero attached hydrogens (tertiary/aromatic N) is 1. The van der Waals surface area contributed by atoms with Gasteiger partial charge in [0.05, 0.1) is 0 Å². The third-order valence-electron chi connectivity index (χ3n) is 3.67. The lowest BCUT2D eigenvalue weighted by molar-refractivity contribution is -0.120. The van der Waals surface area contributed by atoms with Crippen LogP contribution in [0.3, 0.4) is 0 Å². The second-order valence-corrected chi connectivity index (χ2v) is 5.63. The van der Waals surface area contributed by atoms with Gasteiger partial charge in [-0.1, -0.05) is 15.9 Å². The molecule has 2 nitrogen and oxygen atoms in total. The molecule has 0 spiro atoms. The van der Waals surface area contributed by atoms with E-state index in [1.165, 1.54) is 18.5 Å². The molecule has 0 radical (unpaired) electrons. The smallest absolute Gasteiger partial charge is 0.137 e. The van der Waals surface area contributed by atoms with Gasteiger partial charge >= 0.3 is 0 Å². The molecule has 2 atom stereocenters. The monoisotopic (exact) mass is 279 g/mol. The van der Waals surface area contributed by atoms with Crippen LogP contribution in [-0.2, 0) is 4.79 Å². The quantitative estimate of drug-likeness (QED) is 0.787. The fourth-order valence-corrected chi connectivity index (χ4v) is 3.27. The van der Waals surface area contributed by atoms with Crippen molar-refractivity contribution in [1.82, 2.24) is 0 Å². The van der Waals surface area contributed by atoms with Gasteiger partial charge in [-0.2, -0.15) is 0 Å². The summed E-state index contributed by atoms with van der Waals surface area (Å²) < 4.78 is 1.11. The Kier molecular flexibility index (Phi) is 2.51. The van der Waals surface area contributed by atoms with E-state index in [9.17, 15) is 4.79 Å². The first kappa shape index (κ1) is 10.3. The summed E-state index contributed by atoms with van der Waals surface area (Å²) >= 11 is 3.45. The van der Waals surface area contributed by atoms with Gasteiger partial charge in [-0.3, -0.25) is 4.79 Å². The Hall–Kier alpha value is -0.830. The van der Waals surface area contributed by atoms with E-state index in [0.29, 0.717) is 17.9 Å². The number of anilines is 1. The summed E-state index contributed by atoms with van der Waals surface area (Å²) in [6.45, 7) is 0. The van der Waals surface area contributed by atoms with Crippen LogP contribution in [0.5, 0.6) is 0 Å². The van der Waals surface area contributed by atoms with Crippen molar-refractivity contribution >= 4 is 27.4 Å². The maximum atomic E-state index is 11.5. The minimum Gasteiger partial charge on any atom is -0.365 e. The molecule has 3 rings (SSSR count). The van der Waals surface area contributed by atoms with Crippen LogP contribution in [0.1, 0.15) is 25.7 Å². The maximum Gasteiger partial charge on any atom is 0.137 e. The van der Waals surface area contributed by atoms with Crippen LogP contribution in [0, 0.1) is 0 Å². The lowest BCUT2D eigenvalue weighted by atomic mass is 10.0. The number of carbonyl (C=O) groups is 1. The fourth-order valence-electron chi connectivity index (χ4n) is 3.01. The van der Waals surface area contributed by atoms with Crippen molar-refractivity contribution in [3.63, 3.8) is 0 Å². The molecule has 0 aliphatic carbocycles. The van der Waals surface area contributed by atoms with E-state index >= 15 is 0 Å². The number of carbonyl (C=O) groups excluding carboxylic acids is 1. The average Bonchev–Trinajstić information content (AvgIpc) is 2.54. The molecular weight excluding hydrogens is 266 g/mol. The van der Waals surface area contributed by atoms with Gasteiger partial charge < -0.3 is 4.90 Å². The van der Waals surface area contributed by atoms with Crippen LogP contribution < -0.4 is 4.90 Å². The first-order valence-electron chi connectivity index (χ1n) is 5.79. The molecule has 2 aliphatic heterocycles. The molecule has 2 bridgehead atoms. The van der Waals surface area contributed by atoms with E-state index < -0.39 is 0 Å². The Morgan fingerprint density at radius 1 is 1.06 bits per heavy atom. The second kappa shape index (κ2) is 3.88. The molecule has 2 heterocycles. The third kappa shape index (κ3) is 1.67. The van der Waals surface area contributed by atoms with E-state index in [1.807, 2.05) is 0 Å². The highest BCUT2D eigenvalue weighted by Crippen LogP contribution is 2.38. The van der Waals surface area contributed by atoms with Crippen molar-refractivity contribution in [3.05, 3.63) is 28.7 Å². The van der Waals surface area contributed by atoms with E-state index in [2.05, 4.69) is 45.1 Å². The van der Waals surface area contributed by atoms with Gasteiger partial charge in [-0.15, -0.1) is 0 Å². The topological polar surface area (TPSA) is 20.3 Å². The minimum absolute atomic E-state index is 0.445. The number of fused-ring (bicyclic) bond motifs is 2. The number of Topliss-reactive ketones (excluding diaryl/α,β-unsaturated/α-hetero) is 1. The molecule has 2 saturated heterocycles. The Labute approximate surface area is 104 Å². The van der Waals surface area contributed by atoms with Gasteiger partial charge in [-0.05, 0) is 37.1 Å². The summed E-state index contributed by atoms with van der Waals surface area (Å²) in [4.78, 5) is 14.0. The molecule has 0 aromatic heterocycles. The molecule has 2 aliphatic rings. The molecule has 3 heteroatoms. The highest BCUT2D eigenvalue weighted by Gasteiger charge is 2.39. The molecule has 0 saturated carbocycles. The summed E-state index contributed by atoms with van der Waals surface area (Å²) in [5.41, 5.74) is 1.27. The van der Waals surface area contributed by atoms with E-state index in [4.69, 9.17) is 0 Å². The first-order valence-corrected chi connectivity index (χ1v) is 6.59. The Bertz CT molecular complexity index is 398. The van der Waals surface area contributed by atoms with Crippen LogP contribution in [0.2, 0.25) is 0 Å². The van der Waals surface area contributed by atoms with Crippen LogP contribution in [0.25, 0.3) is 0 Å². The average molecular weight is 280 g/mol. The van der Waals surface area contributed by atoms with Crippen LogP contribution in [0.4, 0.5) is 5.69 Å². The van der Waals surface area contributed by atoms with Gasteiger partial charge in [0.25, 0.3) is 0 Å². The van der Waals surface area contributed by atoms with Crippen molar-refractivity contribution in [1.29, 1.82) is 0 Å². The normalized spacial score (nSPS) is 28.6. The SMILES string of the molecule is O=C1C[C@H]2CC[C@@H](C1)N2c1ccc(Br)cc1. The number of ketones is 1. The number of hydrogen-bond donors (Lipinski definition) is 0. The summed E-state index contributed by atoms with van der Waals surface area (Å²) in [5, 5.41) is 0. The van der Waals surface area contributed by atoms with Gasteiger partial charge in [0.15, 0.2) is 0 Å². The van der Waals surface area contributed by atoms with Crippen molar-refractivity contribution < 1.29 is 4.79 Å². The van der Waals surface area contributed by atoms with Gasteiger partial charge in [0.2, 0.25) is 0 Å². The van der Waals surface area contributed by atoms with Crippen molar-refractivity contribution in [2.45, 2.75) is 37.8 Å². The minimum atomic E-state index is 0.445. The highest BCUT2D eigenvalue weighted by molar-refractivity contribution is 9.10. The third-order valence-corrected chi connectivity index (χ3v) is 4.20. The van der Waals surface area contributed by atoms with Crippen LogP contribution in [0.15, 0.2) is 28.7 Å². The Morgan fingerprint density at radius 3 is 2.19 bits per heavy atom. The van der Waals surface area contributed by atoms with Crippen molar-refractivity contribution in [2.24, 2.45) is 0 Å². The van der Waals surface area contributed by atoms with Gasteiger partial charge in [-0.25, -0.2) is 0 Å². The predicted molar refractivity (Wildman–Crippen MR) is 67.7 cm³/mol. The first-order chi connectivity index (χ1) is 7.74. The van der Waals surface area contributed by atoms with Gasteiger partial charge in [0, 0.05) is 35.1 Å². The zero-order valence-electron chi connectivity index (χ0n) is 9.03. The number of halogens is 1. The van der Waals surface area contributed by atoms with Crippen molar-refractivity contribution in [2.75, 3.05) is 4.90 Å². The van der Waals surface area contributed by atoms with Crippen LogP contribution in [-0.4, -0.2) is 17.9 Å². The van der Waals surface area contributed by atoms with Gasteiger partial charge in [0.1, 0.15) is 5.78 Å². The lowest BCUT2D eigenvalue weighted by Gasteiger charge is -2.36. The molecule has 1 aromatic rings. The summed E-state index contributed by atoms with van der Waals surface area (Å²) in [6.07, 6.45) is 3.83. The summed E-state index contributed by atoms with van der Waals surface area (Å²) in [6, 6.07) is 9.34. The Balaban J connectivity index is 1.90. The molecule has 1 aromatic carbocycles. The second-order valence-electron chi connectivity index (χ2n) is 4.72. The predicted octanol–water partition coefficient (Wildman–Crippen LogP) is 3.15. The Morgan fingerprint density at radius 2 is 1.62 bits per heavy atom. The van der Waals surface area contributed by atoms with Crippen molar-refractivity contribution in [3.8, 4) is 0 Å². The zero-order chi connectivity index (χ0) is 11.1. The largest absolute Gasteiger partial charge is 0.365 e. The fraction of sp³-hybridized carbons (Fsp3) is 0.462. The molecule has 0 amide bonds. The zero-order valence-corrected chi connectivity index (χ0v) is 10.6. The number of rotatable bonds is 1. The molecule has 84 valence electrons. The highest BCUT2D eigenvalue weighted by atomic mass is 79.9. The van der Waals surface area contributed by atoms with E-state index in [0.717, 1.165) is 17.3 Å². The van der Waals surface area contributed by atoms with E-state index in [1.54, 1.807) is 0 Å². The number of benzene rings is 1. The molecule has 16 heavy (non-hydrogen) atoms. The van der Waals surface area contributed by atoms with Crippen LogP contribution >= 0.6 is 15.9 Å². The molecule has 2 fully saturated rings. The number of piperidine rings is 1.